The largest absolute Gasteiger partial charge is 0.496 e. The molecule has 7 nitrogen and oxygen atoms in total. The fourth-order valence-electron chi connectivity index (χ4n) is 3.48. The number of hydrogen-bond donors (Lipinski definition) is 0. The van der Waals surface area contributed by atoms with Crippen molar-refractivity contribution >= 4 is 11.9 Å². The molecule has 2 aromatic rings. The van der Waals surface area contributed by atoms with Crippen molar-refractivity contribution in [3.8, 4) is 17.2 Å². The van der Waals surface area contributed by atoms with E-state index in [2.05, 4.69) is 0 Å². The first-order valence-electron chi connectivity index (χ1n) is 10.7. The van der Waals surface area contributed by atoms with Crippen LogP contribution in [0.25, 0.3) is 0 Å². The van der Waals surface area contributed by atoms with Crippen LogP contribution in [0.3, 0.4) is 0 Å². The second-order valence-electron chi connectivity index (χ2n) is 7.36. The maximum absolute atomic E-state index is 13.5. The molecule has 0 spiro atoms. The Bertz CT molecular complexity index is 942. The molecule has 1 amide bonds. The highest BCUT2D eigenvalue weighted by molar-refractivity contribution is 5.90. The molecule has 0 aliphatic carbocycles. The summed E-state index contributed by atoms with van der Waals surface area (Å²) in [5, 5.41) is 0. The predicted octanol–water partition coefficient (Wildman–Crippen LogP) is 3.98. The number of hydrogen-bond acceptors (Lipinski definition) is 6. The highest BCUT2D eigenvalue weighted by atomic mass is 19.1. The monoisotopic (exact) mass is 445 g/mol. The molecule has 0 aromatic heterocycles. The second-order valence-corrected chi connectivity index (χ2v) is 7.36. The third-order valence-corrected chi connectivity index (χ3v) is 5.14. The topological polar surface area (TPSA) is 74.3 Å². The first kappa shape index (κ1) is 23.4. The number of nitrogens with zero attached hydrogens (tertiary/aromatic N) is 1. The van der Waals surface area contributed by atoms with Crippen LogP contribution in [0.1, 0.15) is 42.1 Å². The number of likely N-dealkylation sites (tertiary alicyclic amines) is 1. The van der Waals surface area contributed by atoms with Crippen LogP contribution in [0.5, 0.6) is 17.2 Å². The molecule has 0 saturated carbocycles. The summed E-state index contributed by atoms with van der Waals surface area (Å²) in [5.41, 5.74) is 0.667. The van der Waals surface area contributed by atoms with Crippen LogP contribution in [-0.2, 0) is 16.1 Å². The normalized spacial score (nSPS) is 13.4. The summed E-state index contributed by atoms with van der Waals surface area (Å²) >= 11 is 0. The van der Waals surface area contributed by atoms with Crippen LogP contribution in [0.15, 0.2) is 36.4 Å². The van der Waals surface area contributed by atoms with Gasteiger partial charge in [0.05, 0.1) is 19.3 Å². The molecule has 0 bridgehead atoms. The Labute approximate surface area is 187 Å². The highest BCUT2D eigenvalue weighted by Crippen LogP contribution is 2.29. The summed E-state index contributed by atoms with van der Waals surface area (Å²) in [6, 6.07) is 8.63. The van der Waals surface area contributed by atoms with Gasteiger partial charge >= 0.3 is 5.97 Å². The molecule has 2 aromatic carbocycles. The average molecular weight is 445 g/mol. The van der Waals surface area contributed by atoms with Crippen molar-refractivity contribution in [2.75, 3.05) is 33.4 Å². The lowest BCUT2D eigenvalue weighted by Crippen LogP contribution is -2.38. The lowest BCUT2D eigenvalue weighted by molar-refractivity contribution is -0.134. The van der Waals surface area contributed by atoms with Crippen LogP contribution < -0.4 is 14.2 Å². The molecule has 1 aliphatic rings. The summed E-state index contributed by atoms with van der Waals surface area (Å²) in [4.78, 5) is 26.7. The van der Waals surface area contributed by atoms with Crippen LogP contribution >= 0.6 is 0 Å². The number of amides is 1. The Morgan fingerprint density at radius 1 is 0.969 bits per heavy atom. The summed E-state index contributed by atoms with van der Waals surface area (Å²) in [6.07, 6.45) is 3.16. The molecule has 1 heterocycles. The SMILES string of the molecule is CCOc1cc(C(=O)OCc2cc(F)ccc2OC)ccc1OCC(=O)N1CCCCC1. The van der Waals surface area contributed by atoms with Crippen molar-refractivity contribution in [3.05, 3.63) is 53.3 Å². The first-order chi connectivity index (χ1) is 15.5. The zero-order valence-electron chi connectivity index (χ0n) is 18.4. The Morgan fingerprint density at radius 3 is 2.44 bits per heavy atom. The minimum atomic E-state index is -0.604. The Hall–Kier alpha value is -3.29. The minimum Gasteiger partial charge on any atom is -0.496 e. The van der Waals surface area contributed by atoms with E-state index in [-0.39, 0.29) is 24.7 Å². The van der Waals surface area contributed by atoms with Crippen LogP contribution in [0, 0.1) is 5.82 Å². The molecule has 0 atom stereocenters. The van der Waals surface area contributed by atoms with E-state index < -0.39 is 11.8 Å². The van der Waals surface area contributed by atoms with Crippen molar-refractivity contribution in [2.24, 2.45) is 0 Å². The molecular formula is C24H28FNO6. The van der Waals surface area contributed by atoms with E-state index in [1.165, 1.54) is 37.4 Å². The molecule has 172 valence electrons. The minimum absolute atomic E-state index is 0.0697. The number of rotatable bonds is 9. The number of carbonyl (C=O) groups excluding carboxylic acids is 2. The van der Waals surface area contributed by atoms with Gasteiger partial charge in [0.15, 0.2) is 18.1 Å². The molecule has 8 heteroatoms. The lowest BCUT2D eigenvalue weighted by Gasteiger charge is -2.26. The van der Waals surface area contributed by atoms with Gasteiger partial charge in [0.25, 0.3) is 5.91 Å². The number of carbonyl (C=O) groups is 2. The van der Waals surface area contributed by atoms with Crippen LogP contribution in [0.2, 0.25) is 0 Å². The van der Waals surface area contributed by atoms with E-state index in [4.69, 9.17) is 18.9 Å². The molecule has 32 heavy (non-hydrogen) atoms. The van der Waals surface area contributed by atoms with E-state index in [0.717, 1.165) is 32.4 Å². The van der Waals surface area contributed by atoms with Gasteiger partial charge in [-0.3, -0.25) is 4.79 Å². The van der Waals surface area contributed by atoms with Crippen molar-refractivity contribution in [1.82, 2.24) is 4.90 Å². The van der Waals surface area contributed by atoms with Gasteiger partial charge in [-0.1, -0.05) is 0 Å². The molecule has 1 aliphatic heterocycles. The quantitative estimate of drug-likeness (QED) is 0.544. The number of methoxy groups -OCH3 is 1. The third kappa shape index (κ3) is 6.12. The number of ether oxygens (including phenoxy) is 4. The van der Waals surface area contributed by atoms with Gasteiger partial charge in [-0.15, -0.1) is 0 Å². The van der Waals surface area contributed by atoms with Gasteiger partial charge in [0, 0.05) is 18.7 Å². The summed E-state index contributed by atoms with van der Waals surface area (Å²) < 4.78 is 35.3. The molecule has 0 unspecified atom stereocenters. The van der Waals surface area contributed by atoms with Gasteiger partial charge in [0.2, 0.25) is 0 Å². The zero-order valence-corrected chi connectivity index (χ0v) is 18.4. The number of piperidine rings is 1. The van der Waals surface area contributed by atoms with Crippen molar-refractivity contribution in [2.45, 2.75) is 32.8 Å². The smallest absolute Gasteiger partial charge is 0.338 e. The highest BCUT2D eigenvalue weighted by Gasteiger charge is 2.19. The maximum Gasteiger partial charge on any atom is 0.338 e. The van der Waals surface area contributed by atoms with Gasteiger partial charge in [0.1, 0.15) is 18.2 Å². The molecular weight excluding hydrogens is 417 g/mol. The van der Waals surface area contributed by atoms with Crippen LogP contribution in [0.4, 0.5) is 4.39 Å². The second kappa shape index (κ2) is 11.4. The Balaban J connectivity index is 1.64. The molecule has 3 rings (SSSR count). The summed E-state index contributed by atoms with van der Waals surface area (Å²) in [5.74, 6) is 0.0255. The molecule has 1 fully saturated rings. The van der Waals surface area contributed by atoms with Crippen molar-refractivity contribution in [3.63, 3.8) is 0 Å². The van der Waals surface area contributed by atoms with Crippen molar-refractivity contribution < 1.29 is 32.9 Å². The number of benzene rings is 2. The van der Waals surface area contributed by atoms with E-state index in [0.29, 0.717) is 29.4 Å². The summed E-state index contributed by atoms with van der Waals surface area (Å²) in [6.45, 7) is 3.43. The van der Waals surface area contributed by atoms with Gasteiger partial charge in [-0.2, -0.15) is 0 Å². The van der Waals surface area contributed by atoms with E-state index in [1.54, 1.807) is 11.0 Å². The molecule has 0 N–H and O–H groups in total. The van der Waals surface area contributed by atoms with Crippen molar-refractivity contribution in [1.29, 1.82) is 0 Å². The van der Waals surface area contributed by atoms with E-state index >= 15 is 0 Å². The maximum atomic E-state index is 13.5. The van der Waals surface area contributed by atoms with E-state index in [1.807, 2.05) is 6.92 Å². The lowest BCUT2D eigenvalue weighted by atomic mass is 10.1. The fraction of sp³-hybridized carbons (Fsp3) is 0.417. The Kier molecular flexibility index (Phi) is 8.30. The van der Waals surface area contributed by atoms with Gasteiger partial charge in [-0.25, -0.2) is 9.18 Å². The van der Waals surface area contributed by atoms with Gasteiger partial charge < -0.3 is 23.8 Å². The average Bonchev–Trinajstić information content (AvgIpc) is 2.82. The molecule has 0 radical (unpaired) electrons. The fourth-order valence-corrected chi connectivity index (χ4v) is 3.48. The summed E-state index contributed by atoms with van der Waals surface area (Å²) in [7, 11) is 1.46. The number of halogens is 1. The van der Waals surface area contributed by atoms with E-state index in [9.17, 15) is 14.0 Å². The molecule has 1 saturated heterocycles. The first-order valence-corrected chi connectivity index (χ1v) is 10.7. The number of esters is 1. The van der Waals surface area contributed by atoms with Crippen LogP contribution in [-0.4, -0.2) is 50.2 Å². The standard InChI is InChI=1S/C24H28FNO6/c1-3-30-22-14-17(24(28)32-15-18-13-19(25)8-10-20(18)29-2)7-9-21(22)31-16-23(27)26-11-5-4-6-12-26/h7-10,13-14H,3-6,11-12,15-16H2,1-2H3. The van der Waals surface area contributed by atoms with Gasteiger partial charge in [-0.05, 0) is 62.6 Å². The predicted molar refractivity (Wildman–Crippen MR) is 116 cm³/mol. The Morgan fingerprint density at radius 2 is 1.72 bits per heavy atom. The zero-order chi connectivity index (χ0) is 22.9. The third-order valence-electron chi connectivity index (χ3n) is 5.14.